The van der Waals surface area contributed by atoms with Gasteiger partial charge in [0.1, 0.15) is 0 Å². The van der Waals surface area contributed by atoms with Crippen molar-refractivity contribution in [3.8, 4) is 0 Å². The summed E-state index contributed by atoms with van der Waals surface area (Å²) in [6.07, 6.45) is 5.60. The first-order valence-electron chi connectivity index (χ1n) is 4.59. The minimum Gasteiger partial charge on any atom is -0.399 e. The van der Waals surface area contributed by atoms with Gasteiger partial charge < -0.3 is 5.73 Å². The molecular formula is C13H15N. The van der Waals surface area contributed by atoms with Crippen LogP contribution in [0.25, 0.3) is 5.57 Å². The normalized spacial score (nSPS) is 12.6. The number of benzene rings is 1. The molecule has 0 unspecified atom stereocenters. The van der Waals surface area contributed by atoms with Crippen LogP contribution in [0.3, 0.4) is 0 Å². The van der Waals surface area contributed by atoms with E-state index in [0.717, 1.165) is 16.8 Å². The molecule has 0 fully saturated rings. The Morgan fingerprint density at radius 1 is 1.29 bits per heavy atom. The van der Waals surface area contributed by atoms with Gasteiger partial charge in [0.05, 0.1) is 0 Å². The van der Waals surface area contributed by atoms with Crippen molar-refractivity contribution in [2.24, 2.45) is 5.73 Å². The molecule has 0 aliphatic heterocycles. The third-order valence-electron chi connectivity index (χ3n) is 1.98. The van der Waals surface area contributed by atoms with Crippen molar-refractivity contribution in [3.05, 3.63) is 66.4 Å². The van der Waals surface area contributed by atoms with Gasteiger partial charge in [-0.05, 0) is 24.1 Å². The maximum absolute atomic E-state index is 5.72. The number of rotatable bonds is 3. The van der Waals surface area contributed by atoms with Gasteiger partial charge in [0, 0.05) is 5.70 Å². The van der Waals surface area contributed by atoms with Gasteiger partial charge in [-0.2, -0.15) is 0 Å². The van der Waals surface area contributed by atoms with E-state index in [4.69, 9.17) is 5.73 Å². The summed E-state index contributed by atoms with van der Waals surface area (Å²) in [5.74, 6) is 0. The molecule has 0 aliphatic rings. The quantitative estimate of drug-likeness (QED) is 0.719. The lowest BCUT2D eigenvalue weighted by atomic mass is 10.1. The molecule has 1 heteroatoms. The van der Waals surface area contributed by atoms with Crippen LogP contribution in [-0.4, -0.2) is 0 Å². The highest BCUT2D eigenvalue weighted by atomic mass is 14.5. The highest BCUT2D eigenvalue weighted by Crippen LogP contribution is 2.15. The average molecular weight is 185 g/mol. The van der Waals surface area contributed by atoms with Crippen LogP contribution in [0, 0.1) is 0 Å². The molecule has 0 atom stereocenters. The molecule has 72 valence electrons. The van der Waals surface area contributed by atoms with Crippen LogP contribution in [0.15, 0.2) is 60.8 Å². The SMILES string of the molecule is C=C/C(=C\C(N)=C/C)c1ccccc1. The number of allylic oxidation sites excluding steroid dienone is 4. The zero-order valence-corrected chi connectivity index (χ0v) is 8.40. The minimum atomic E-state index is 0.753. The maximum atomic E-state index is 5.72. The molecule has 0 bridgehead atoms. The van der Waals surface area contributed by atoms with Gasteiger partial charge in [0.25, 0.3) is 0 Å². The number of hydrogen-bond donors (Lipinski definition) is 1. The van der Waals surface area contributed by atoms with Crippen molar-refractivity contribution in [3.63, 3.8) is 0 Å². The Balaban J connectivity index is 3.05. The van der Waals surface area contributed by atoms with Crippen LogP contribution in [0.1, 0.15) is 12.5 Å². The fourth-order valence-corrected chi connectivity index (χ4v) is 1.15. The van der Waals surface area contributed by atoms with Crippen LogP contribution in [0.2, 0.25) is 0 Å². The molecule has 1 nitrogen and oxygen atoms in total. The Labute approximate surface area is 85.3 Å². The Morgan fingerprint density at radius 2 is 1.93 bits per heavy atom. The zero-order valence-electron chi connectivity index (χ0n) is 8.40. The van der Waals surface area contributed by atoms with Gasteiger partial charge in [-0.25, -0.2) is 0 Å². The Morgan fingerprint density at radius 3 is 2.43 bits per heavy atom. The summed E-state index contributed by atoms with van der Waals surface area (Å²) in [5.41, 5.74) is 8.65. The second-order valence-electron chi connectivity index (χ2n) is 2.96. The predicted molar refractivity (Wildman–Crippen MR) is 62.6 cm³/mol. The monoisotopic (exact) mass is 185 g/mol. The fourth-order valence-electron chi connectivity index (χ4n) is 1.15. The molecule has 14 heavy (non-hydrogen) atoms. The summed E-state index contributed by atoms with van der Waals surface area (Å²) >= 11 is 0. The van der Waals surface area contributed by atoms with Gasteiger partial charge in [-0.1, -0.05) is 49.1 Å². The molecular weight excluding hydrogens is 170 g/mol. The van der Waals surface area contributed by atoms with E-state index in [9.17, 15) is 0 Å². The van der Waals surface area contributed by atoms with E-state index in [1.54, 1.807) is 0 Å². The van der Waals surface area contributed by atoms with E-state index in [1.165, 1.54) is 0 Å². The zero-order chi connectivity index (χ0) is 10.4. The number of hydrogen-bond acceptors (Lipinski definition) is 1. The molecule has 0 heterocycles. The van der Waals surface area contributed by atoms with Gasteiger partial charge in [0.15, 0.2) is 0 Å². The van der Waals surface area contributed by atoms with Gasteiger partial charge in [0.2, 0.25) is 0 Å². The highest BCUT2D eigenvalue weighted by molar-refractivity contribution is 5.75. The molecule has 1 aromatic carbocycles. The summed E-state index contributed by atoms with van der Waals surface area (Å²) in [6.45, 7) is 5.69. The standard InChI is InChI=1S/C13H15N/c1-3-11(10-13(14)4-2)12-8-6-5-7-9-12/h3-10H,1,14H2,2H3/b11-10+,13-4+. The molecule has 0 radical (unpaired) electrons. The first kappa shape index (κ1) is 10.3. The third kappa shape index (κ3) is 2.63. The maximum Gasteiger partial charge on any atom is 0.0276 e. The molecule has 2 N–H and O–H groups in total. The van der Waals surface area contributed by atoms with Gasteiger partial charge in [-0.3, -0.25) is 0 Å². The Kier molecular flexibility index (Phi) is 3.74. The van der Waals surface area contributed by atoms with Gasteiger partial charge in [-0.15, -0.1) is 0 Å². The smallest absolute Gasteiger partial charge is 0.0276 e. The van der Waals surface area contributed by atoms with Crippen molar-refractivity contribution in [2.45, 2.75) is 6.92 Å². The molecule has 0 aromatic heterocycles. The van der Waals surface area contributed by atoms with E-state index < -0.39 is 0 Å². The van der Waals surface area contributed by atoms with E-state index >= 15 is 0 Å². The van der Waals surface area contributed by atoms with E-state index in [2.05, 4.69) is 6.58 Å². The predicted octanol–water partition coefficient (Wildman–Crippen LogP) is 3.12. The third-order valence-corrected chi connectivity index (χ3v) is 1.98. The summed E-state index contributed by atoms with van der Waals surface area (Å²) in [7, 11) is 0. The average Bonchev–Trinajstić information content (AvgIpc) is 2.26. The van der Waals surface area contributed by atoms with E-state index in [-0.39, 0.29) is 0 Å². The summed E-state index contributed by atoms with van der Waals surface area (Å²) in [6, 6.07) is 10.1. The van der Waals surface area contributed by atoms with Crippen molar-refractivity contribution in [1.29, 1.82) is 0 Å². The van der Waals surface area contributed by atoms with Crippen molar-refractivity contribution in [2.75, 3.05) is 0 Å². The largest absolute Gasteiger partial charge is 0.399 e. The molecule has 1 rings (SSSR count). The molecule has 0 aliphatic carbocycles. The second-order valence-corrected chi connectivity index (χ2v) is 2.96. The summed E-state index contributed by atoms with van der Waals surface area (Å²) in [5, 5.41) is 0. The van der Waals surface area contributed by atoms with Crippen molar-refractivity contribution >= 4 is 5.57 Å². The fraction of sp³-hybridized carbons (Fsp3) is 0.0769. The Bertz CT molecular complexity index is 358. The lowest BCUT2D eigenvalue weighted by Gasteiger charge is -2.01. The summed E-state index contributed by atoms with van der Waals surface area (Å²) in [4.78, 5) is 0. The van der Waals surface area contributed by atoms with Crippen LogP contribution in [0.4, 0.5) is 0 Å². The van der Waals surface area contributed by atoms with Crippen LogP contribution in [0.5, 0.6) is 0 Å². The van der Waals surface area contributed by atoms with Gasteiger partial charge >= 0.3 is 0 Å². The van der Waals surface area contributed by atoms with E-state index in [1.807, 2.05) is 55.5 Å². The number of nitrogens with two attached hydrogens (primary N) is 1. The molecule has 1 aromatic rings. The second kappa shape index (κ2) is 5.07. The minimum absolute atomic E-state index is 0.753. The molecule has 0 spiro atoms. The first-order valence-corrected chi connectivity index (χ1v) is 4.59. The molecule has 0 saturated heterocycles. The summed E-state index contributed by atoms with van der Waals surface area (Å²) < 4.78 is 0. The lowest BCUT2D eigenvalue weighted by molar-refractivity contribution is 1.39. The van der Waals surface area contributed by atoms with Crippen LogP contribution >= 0.6 is 0 Å². The Hall–Kier alpha value is -1.76. The molecule has 0 saturated carbocycles. The van der Waals surface area contributed by atoms with Crippen LogP contribution in [-0.2, 0) is 0 Å². The van der Waals surface area contributed by atoms with Crippen LogP contribution < -0.4 is 5.73 Å². The van der Waals surface area contributed by atoms with Crippen molar-refractivity contribution in [1.82, 2.24) is 0 Å². The topological polar surface area (TPSA) is 26.0 Å². The molecule has 0 amide bonds. The van der Waals surface area contributed by atoms with E-state index in [0.29, 0.717) is 0 Å². The first-order chi connectivity index (χ1) is 6.77. The lowest BCUT2D eigenvalue weighted by Crippen LogP contribution is -1.93. The van der Waals surface area contributed by atoms with Crippen molar-refractivity contribution < 1.29 is 0 Å². The highest BCUT2D eigenvalue weighted by Gasteiger charge is 1.95.